The summed E-state index contributed by atoms with van der Waals surface area (Å²) in [6, 6.07) is 10.0. The third-order valence-corrected chi connectivity index (χ3v) is 5.61. The molecule has 3 nitrogen and oxygen atoms in total. The fourth-order valence-corrected chi connectivity index (χ4v) is 5.09. The van der Waals surface area contributed by atoms with Gasteiger partial charge in [-0.3, -0.25) is 14.5 Å². The highest BCUT2D eigenvalue weighted by molar-refractivity contribution is 6.17. The molecule has 4 unspecified atom stereocenters. The predicted octanol–water partition coefficient (Wildman–Crippen LogP) is 1.81. The SMILES string of the molecule is CC12CN3CC(C)(C1=O)C(=O)C(c1ccccc1)(C3)C2. The van der Waals surface area contributed by atoms with Crippen LogP contribution in [0.5, 0.6) is 0 Å². The number of hydrogen-bond acceptors (Lipinski definition) is 3. The standard InChI is InChI=1S/C17H19NO2/c1-15-8-17(12-6-4-3-5-7-12)11-18(9-15)10-16(2,13(15)19)14(17)20/h3-7H,8-11H2,1-2H3. The molecule has 4 bridgehead atoms. The van der Waals surface area contributed by atoms with Crippen LogP contribution < -0.4 is 0 Å². The van der Waals surface area contributed by atoms with Gasteiger partial charge >= 0.3 is 0 Å². The van der Waals surface area contributed by atoms with E-state index in [2.05, 4.69) is 4.90 Å². The molecule has 0 spiro atoms. The molecule has 1 aromatic carbocycles. The van der Waals surface area contributed by atoms with Gasteiger partial charge < -0.3 is 0 Å². The lowest BCUT2D eigenvalue weighted by molar-refractivity contribution is -0.178. The van der Waals surface area contributed by atoms with Crippen molar-refractivity contribution >= 4 is 11.6 Å². The van der Waals surface area contributed by atoms with E-state index in [0.29, 0.717) is 13.0 Å². The van der Waals surface area contributed by atoms with Crippen molar-refractivity contribution in [3.8, 4) is 0 Å². The van der Waals surface area contributed by atoms with Crippen LogP contribution in [0, 0.1) is 10.8 Å². The first-order valence-electron chi connectivity index (χ1n) is 7.29. The van der Waals surface area contributed by atoms with Crippen LogP contribution in [0.4, 0.5) is 0 Å². The summed E-state index contributed by atoms with van der Waals surface area (Å²) < 4.78 is 0. The zero-order valence-corrected chi connectivity index (χ0v) is 12.0. The van der Waals surface area contributed by atoms with Gasteiger partial charge in [0.15, 0.2) is 11.6 Å². The molecule has 5 rings (SSSR count). The van der Waals surface area contributed by atoms with Crippen molar-refractivity contribution in [2.24, 2.45) is 10.8 Å². The molecule has 3 heteroatoms. The molecule has 0 radical (unpaired) electrons. The van der Waals surface area contributed by atoms with Crippen molar-refractivity contribution < 1.29 is 9.59 Å². The number of hydrogen-bond donors (Lipinski definition) is 0. The van der Waals surface area contributed by atoms with E-state index in [4.69, 9.17) is 0 Å². The van der Waals surface area contributed by atoms with Crippen LogP contribution in [0.2, 0.25) is 0 Å². The molecule has 1 aliphatic carbocycles. The monoisotopic (exact) mass is 269 g/mol. The van der Waals surface area contributed by atoms with E-state index in [1.165, 1.54) is 0 Å². The highest BCUT2D eigenvalue weighted by atomic mass is 16.2. The van der Waals surface area contributed by atoms with Gasteiger partial charge in [-0.15, -0.1) is 0 Å². The fraction of sp³-hybridized carbons (Fsp3) is 0.529. The van der Waals surface area contributed by atoms with E-state index >= 15 is 0 Å². The lowest BCUT2D eigenvalue weighted by atomic mass is 9.46. The first-order chi connectivity index (χ1) is 9.41. The van der Waals surface area contributed by atoms with Gasteiger partial charge in [-0.1, -0.05) is 37.3 Å². The molecule has 3 saturated heterocycles. The summed E-state index contributed by atoms with van der Waals surface area (Å²) in [4.78, 5) is 28.2. The number of benzene rings is 1. The van der Waals surface area contributed by atoms with Gasteiger partial charge in [0.1, 0.15) is 0 Å². The quantitative estimate of drug-likeness (QED) is 0.730. The van der Waals surface area contributed by atoms with E-state index in [1.54, 1.807) is 0 Å². The Kier molecular flexibility index (Phi) is 2.08. The van der Waals surface area contributed by atoms with Crippen LogP contribution in [0.25, 0.3) is 0 Å². The minimum Gasteiger partial charge on any atom is -0.300 e. The first-order valence-corrected chi connectivity index (χ1v) is 7.29. The Morgan fingerprint density at radius 1 is 0.950 bits per heavy atom. The predicted molar refractivity (Wildman–Crippen MR) is 75.4 cm³/mol. The Morgan fingerprint density at radius 2 is 1.65 bits per heavy atom. The summed E-state index contributed by atoms with van der Waals surface area (Å²) in [6.45, 7) is 6.09. The summed E-state index contributed by atoms with van der Waals surface area (Å²) in [7, 11) is 0. The normalized spacial score (nSPS) is 46.0. The molecule has 20 heavy (non-hydrogen) atoms. The molecule has 3 aliphatic heterocycles. The number of carbonyl (C=O) groups excluding carboxylic acids is 2. The van der Waals surface area contributed by atoms with Crippen molar-refractivity contribution in [2.75, 3.05) is 19.6 Å². The molecule has 104 valence electrons. The summed E-state index contributed by atoms with van der Waals surface area (Å²) in [5.74, 6) is 0.312. The second kappa shape index (κ2) is 3.40. The maximum atomic E-state index is 13.1. The van der Waals surface area contributed by atoms with Crippen LogP contribution in [0.3, 0.4) is 0 Å². The maximum Gasteiger partial charge on any atom is 0.159 e. The Hall–Kier alpha value is -1.48. The van der Waals surface area contributed by atoms with Crippen LogP contribution in [0.1, 0.15) is 25.8 Å². The van der Waals surface area contributed by atoms with E-state index < -0.39 is 10.8 Å². The Labute approximate surface area is 119 Å². The third kappa shape index (κ3) is 1.20. The van der Waals surface area contributed by atoms with E-state index in [0.717, 1.165) is 18.7 Å². The summed E-state index contributed by atoms with van der Waals surface area (Å²) in [5, 5.41) is 0. The van der Waals surface area contributed by atoms with Crippen LogP contribution >= 0.6 is 0 Å². The molecule has 4 fully saturated rings. The van der Waals surface area contributed by atoms with Gasteiger partial charge in [0.05, 0.1) is 10.8 Å². The molecule has 1 aromatic rings. The molecule has 0 aromatic heterocycles. The molecule has 4 aliphatic rings. The number of piperidine rings is 3. The topological polar surface area (TPSA) is 37.4 Å². The lowest BCUT2D eigenvalue weighted by Crippen LogP contribution is -2.77. The van der Waals surface area contributed by atoms with Crippen LogP contribution in [0.15, 0.2) is 30.3 Å². The minimum absolute atomic E-state index is 0.148. The van der Waals surface area contributed by atoms with Gasteiger partial charge in [0.25, 0.3) is 0 Å². The third-order valence-electron chi connectivity index (χ3n) is 5.61. The van der Waals surface area contributed by atoms with Crippen molar-refractivity contribution in [3.63, 3.8) is 0 Å². The number of nitrogens with zero attached hydrogens (tertiary/aromatic N) is 1. The number of carbonyl (C=O) groups is 2. The van der Waals surface area contributed by atoms with Crippen molar-refractivity contribution in [1.82, 2.24) is 4.90 Å². The van der Waals surface area contributed by atoms with Gasteiger partial charge in [-0.2, -0.15) is 0 Å². The Balaban J connectivity index is 1.95. The molecule has 4 atom stereocenters. The number of ketones is 2. The molecule has 0 N–H and O–H groups in total. The summed E-state index contributed by atoms with van der Waals surface area (Å²) in [6.07, 6.45) is 0.674. The fourth-order valence-electron chi connectivity index (χ4n) is 5.09. The first kappa shape index (κ1) is 12.3. The van der Waals surface area contributed by atoms with Crippen molar-refractivity contribution in [2.45, 2.75) is 25.7 Å². The summed E-state index contributed by atoms with van der Waals surface area (Å²) >= 11 is 0. The number of rotatable bonds is 1. The zero-order valence-electron chi connectivity index (χ0n) is 12.0. The average Bonchev–Trinajstić information content (AvgIpc) is 2.43. The van der Waals surface area contributed by atoms with Crippen molar-refractivity contribution in [1.29, 1.82) is 0 Å². The maximum absolute atomic E-state index is 13.1. The van der Waals surface area contributed by atoms with Crippen molar-refractivity contribution in [3.05, 3.63) is 35.9 Å². The van der Waals surface area contributed by atoms with Gasteiger partial charge in [-0.25, -0.2) is 0 Å². The highest BCUT2D eigenvalue weighted by Gasteiger charge is 2.70. The molecular weight excluding hydrogens is 250 g/mol. The lowest BCUT2D eigenvalue weighted by Gasteiger charge is -2.63. The zero-order chi connectivity index (χ0) is 14.2. The second-order valence-electron chi connectivity index (χ2n) is 7.32. The van der Waals surface area contributed by atoms with Crippen LogP contribution in [-0.2, 0) is 15.0 Å². The molecule has 0 amide bonds. The Bertz CT molecular complexity index is 625. The van der Waals surface area contributed by atoms with E-state index in [1.807, 2.05) is 44.2 Å². The van der Waals surface area contributed by atoms with E-state index in [9.17, 15) is 9.59 Å². The van der Waals surface area contributed by atoms with Gasteiger partial charge in [0.2, 0.25) is 0 Å². The largest absolute Gasteiger partial charge is 0.300 e. The van der Waals surface area contributed by atoms with Gasteiger partial charge in [0, 0.05) is 25.0 Å². The van der Waals surface area contributed by atoms with Crippen LogP contribution in [-0.4, -0.2) is 36.1 Å². The number of Topliss-reactive ketones (excluding diaryl/α,β-unsaturated/α-hetero) is 2. The molecular formula is C17H19NO2. The molecule has 3 heterocycles. The molecule has 1 saturated carbocycles. The average molecular weight is 269 g/mol. The smallest absolute Gasteiger partial charge is 0.159 e. The van der Waals surface area contributed by atoms with Gasteiger partial charge in [-0.05, 0) is 18.9 Å². The second-order valence-corrected chi connectivity index (χ2v) is 7.32. The Morgan fingerprint density at radius 3 is 2.35 bits per heavy atom. The minimum atomic E-state index is -0.806. The van der Waals surface area contributed by atoms with E-state index in [-0.39, 0.29) is 17.0 Å². The summed E-state index contributed by atoms with van der Waals surface area (Å²) in [5.41, 5.74) is -0.567. The highest BCUT2D eigenvalue weighted by Crippen LogP contribution is 2.58.